The van der Waals surface area contributed by atoms with Crippen LogP contribution >= 0.6 is 0 Å². The van der Waals surface area contributed by atoms with Gasteiger partial charge in [0.2, 0.25) is 0 Å². The Balaban J connectivity index is 1.45. The second-order valence-corrected chi connectivity index (χ2v) is 6.70. The first-order valence-electron chi connectivity index (χ1n) is 9.58. The van der Waals surface area contributed by atoms with E-state index in [4.69, 9.17) is 15.2 Å². The number of nitrogens with two attached hydrogens (primary N) is 1. The second kappa shape index (κ2) is 10.1. The van der Waals surface area contributed by atoms with E-state index in [1.54, 1.807) is 13.2 Å². The Morgan fingerprint density at radius 3 is 2.14 bits per heavy atom. The van der Waals surface area contributed by atoms with Crippen molar-refractivity contribution < 1.29 is 14.3 Å². The van der Waals surface area contributed by atoms with E-state index < -0.39 is 0 Å². The molecule has 0 fully saturated rings. The van der Waals surface area contributed by atoms with Gasteiger partial charge in [0.25, 0.3) is 0 Å². The Morgan fingerprint density at radius 1 is 0.897 bits per heavy atom. The summed E-state index contributed by atoms with van der Waals surface area (Å²) in [5.41, 5.74) is 10.8. The predicted octanol–water partition coefficient (Wildman–Crippen LogP) is 5.13. The van der Waals surface area contributed by atoms with Crippen molar-refractivity contribution in [1.29, 1.82) is 0 Å². The zero-order valence-corrected chi connectivity index (χ0v) is 16.5. The predicted molar refractivity (Wildman–Crippen MR) is 118 cm³/mol. The van der Waals surface area contributed by atoms with Crippen LogP contribution in [0.4, 0.5) is 5.69 Å². The van der Waals surface area contributed by atoms with Gasteiger partial charge in [-0.15, -0.1) is 0 Å². The van der Waals surface area contributed by atoms with E-state index in [-0.39, 0.29) is 5.97 Å². The number of hydrogen-bond donors (Lipinski definition) is 1. The zero-order valence-electron chi connectivity index (χ0n) is 16.5. The Bertz CT molecular complexity index is 943. The minimum absolute atomic E-state index is 0.332. The summed E-state index contributed by atoms with van der Waals surface area (Å²) in [6.45, 7) is 0.393. The van der Waals surface area contributed by atoms with E-state index in [2.05, 4.69) is 0 Å². The van der Waals surface area contributed by atoms with Crippen LogP contribution in [0.25, 0.3) is 17.2 Å². The first-order valence-corrected chi connectivity index (χ1v) is 9.58. The number of aryl methyl sites for hydroxylation is 1. The van der Waals surface area contributed by atoms with Gasteiger partial charge in [-0.05, 0) is 65.4 Å². The summed E-state index contributed by atoms with van der Waals surface area (Å²) in [7, 11) is 1.65. The summed E-state index contributed by atoms with van der Waals surface area (Å²) in [6, 6.07) is 23.7. The molecular weight excluding hydrogens is 362 g/mol. The summed E-state index contributed by atoms with van der Waals surface area (Å²) in [4.78, 5) is 11.9. The molecule has 0 radical (unpaired) electrons. The maximum absolute atomic E-state index is 11.9. The van der Waals surface area contributed by atoms with E-state index in [0.29, 0.717) is 6.61 Å². The first kappa shape index (κ1) is 20.2. The summed E-state index contributed by atoms with van der Waals surface area (Å²) >= 11 is 0. The van der Waals surface area contributed by atoms with Gasteiger partial charge in [0.1, 0.15) is 5.75 Å². The number of anilines is 1. The van der Waals surface area contributed by atoms with Gasteiger partial charge in [0.15, 0.2) is 0 Å². The lowest BCUT2D eigenvalue weighted by Crippen LogP contribution is -2.03. The molecule has 29 heavy (non-hydrogen) atoms. The third kappa shape index (κ3) is 6.25. The molecule has 0 saturated carbocycles. The number of carbonyl (C=O) groups excluding carboxylic acids is 1. The van der Waals surface area contributed by atoms with Crippen molar-refractivity contribution in [3.05, 3.63) is 90.0 Å². The number of nitrogen functional groups attached to an aromatic ring is 1. The Morgan fingerprint density at radius 2 is 1.52 bits per heavy atom. The molecule has 0 amide bonds. The van der Waals surface area contributed by atoms with Gasteiger partial charge in [-0.1, -0.05) is 48.5 Å². The molecule has 0 bridgehead atoms. The fraction of sp³-hybridized carbons (Fsp3) is 0.160. The maximum atomic E-state index is 11.9. The van der Waals surface area contributed by atoms with Gasteiger partial charge >= 0.3 is 5.97 Å². The van der Waals surface area contributed by atoms with Gasteiger partial charge < -0.3 is 15.2 Å². The molecule has 2 N–H and O–H groups in total. The molecule has 0 aliphatic rings. The highest BCUT2D eigenvalue weighted by atomic mass is 16.5. The van der Waals surface area contributed by atoms with E-state index in [1.165, 1.54) is 11.6 Å². The van der Waals surface area contributed by atoms with E-state index in [0.717, 1.165) is 41.0 Å². The van der Waals surface area contributed by atoms with Crippen molar-refractivity contribution >= 4 is 17.7 Å². The summed E-state index contributed by atoms with van der Waals surface area (Å²) in [5, 5.41) is 0. The zero-order chi connectivity index (χ0) is 20.5. The molecule has 0 aliphatic carbocycles. The number of hydrogen-bond acceptors (Lipinski definition) is 4. The van der Waals surface area contributed by atoms with Crippen LogP contribution in [0.15, 0.2) is 78.9 Å². The van der Waals surface area contributed by atoms with Crippen LogP contribution in [0.3, 0.4) is 0 Å². The topological polar surface area (TPSA) is 61.5 Å². The van der Waals surface area contributed by atoms with Crippen molar-refractivity contribution in [2.75, 3.05) is 19.5 Å². The Hall–Kier alpha value is -3.53. The molecule has 3 aromatic carbocycles. The number of esters is 1. The van der Waals surface area contributed by atoms with Crippen molar-refractivity contribution in [2.24, 2.45) is 0 Å². The van der Waals surface area contributed by atoms with Gasteiger partial charge in [0, 0.05) is 11.8 Å². The molecule has 0 heterocycles. The molecule has 0 spiro atoms. The number of ether oxygens (including phenoxy) is 2. The molecule has 4 heteroatoms. The molecule has 0 aromatic heterocycles. The van der Waals surface area contributed by atoms with Crippen LogP contribution in [0.1, 0.15) is 17.5 Å². The molecule has 0 aliphatic heterocycles. The van der Waals surface area contributed by atoms with Crippen molar-refractivity contribution in [1.82, 2.24) is 0 Å². The average molecular weight is 387 g/mol. The van der Waals surface area contributed by atoms with Gasteiger partial charge in [-0.3, -0.25) is 0 Å². The Kier molecular flexibility index (Phi) is 7.06. The van der Waals surface area contributed by atoms with Crippen molar-refractivity contribution in [3.63, 3.8) is 0 Å². The van der Waals surface area contributed by atoms with Crippen LogP contribution in [0.5, 0.6) is 5.75 Å². The normalized spacial score (nSPS) is 10.8. The number of rotatable bonds is 8. The highest BCUT2D eigenvalue weighted by Crippen LogP contribution is 2.23. The number of methoxy groups -OCH3 is 1. The van der Waals surface area contributed by atoms with E-state index in [9.17, 15) is 4.79 Å². The fourth-order valence-electron chi connectivity index (χ4n) is 2.92. The van der Waals surface area contributed by atoms with Gasteiger partial charge in [0.05, 0.1) is 13.7 Å². The smallest absolute Gasteiger partial charge is 0.330 e. The lowest BCUT2D eigenvalue weighted by molar-refractivity contribution is -0.137. The molecule has 148 valence electrons. The van der Waals surface area contributed by atoms with Crippen molar-refractivity contribution in [3.8, 4) is 16.9 Å². The monoisotopic (exact) mass is 387 g/mol. The van der Waals surface area contributed by atoms with Crippen LogP contribution in [0.2, 0.25) is 0 Å². The molecule has 3 rings (SSSR count). The molecule has 0 unspecified atom stereocenters. The summed E-state index contributed by atoms with van der Waals surface area (Å²) < 4.78 is 10.4. The van der Waals surface area contributed by atoms with Gasteiger partial charge in [-0.25, -0.2) is 4.79 Å². The highest BCUT2D eigenvalue weighted by Gasteiger charge is 2.00. The van der Waals surface area contributed by atoms with Crippen LogP contribution in [-0.2, 0) is 16.0 Å². The molecule has 0 atom stereocenters. The van der Waals surface area contributed by atoms with Crippen molar-refractivity contribution in [2.45, 2.75) is 12.8 Å². The molecule has 4 nitrogen and oxygen atoms in total. The average Bonchev–Trinajstić information content (AvgIpc) is 2.77. The van der Waals surface area contributed by atoms with Crippen LogP contribution in [-0.4, -0.2) is 19.7 Å². The third-order valence-corrected chi connectivity index (χ3v) is 4.58. The first-order chi connectivity index (χ1) is 14.1. The highest BCUT2D eigenvalue weighted by molar-refractivity contribution is 5.87. The second-order valence-electron chi connectivity index (χ2n) is 6.70. The fourth-order valence-corrected chi connectivity index (χ4v) is 2.92. The summed E-state index contributed by atoms with van der Waals surface area (Å²) in [6.07, 6.45) is 4.86. The lowest BCUT2D eigenvalue weighted by Gasteiger charge is -2.05. The Labute approximate surface area is 171 Å². The molecular formula is C25H25NO3. The number of carbonyl (C=O) groups is 1. The SMILES string of the molecule is COc1ccc(-c2ccc(/C=C/C(=O)OCCCc3ccc(N)cc3)cc2)cc1. The van der Waals surface area contributed by atoms with Crippen LogP contribution < -0.4 is 10.5 Å². The minimum atomic E-state index is -0.332. The lowest BCUT2D eigenvalue weighted by atomic mass is 10.0. The van der Waals surface area contributed by atoms with E-state index >= 15 is 0 Å². The standard InChI is InChI=1S/C25H25NO3/c1-28-24-15-11-22(12-16-24)21-9-4-20(5-10-21)8-17-25(27)29-18-2-3-19-6-13-23(26)14-7-19/h4-17H,2-3,18,26H2,1H3/b17-8+. The quantitative estimate of drug-likeness (QED) is 0.252. The third-order valence-electron chi connectivity index (χ3n) is 4.58. The minimum Gasteiger partial charge on any atom is -0.497 e. The van der Waals surface area contributed by atoms with Crippen LogP contribution in [0, 0.1) is 0 Å². The summed E-state index contributed by atoms with van der Waals surface area (Å²) in [5.74, 6) is 0.502. The van der Waals surface area contributed by atoms with Gasteiger partial charge in [-0.2, -0.15) is 0 Å². The van der Waals surface area contributed by atoms with E-state index in [1.807, 2.05) is 72.8 Å². The largest absolute Gasteiger partial charge is 0.497 e. The molecule has 3 aromatic rings. The number of benzene rings is 3. The molecule has 0 saturated heterocycles. The maximum Gasteiger partial charge on any atom is 0.330 e.